The summed E-state index contributed by atoms with van der Waals surface area (Å²) in [4.78, 5) is 10.2. The molecule has 1 N–H and O–H groups in total. The van der Waals surface area contributed by atoms with Crippen molar-refractivity contribution < 1.29 is 9.66 Å². The van der Waals surface area contributed by atoms with Gasteiger partial charge in [0, 0.05) is 6.07 Å². The Hall–Kier alpha value is -2.64. The van der Waals surface area contributed by atoms with Crippen LogP contribution in [0.15, 0.2) is 18.2 Å². The maximum absolute atomic E-state index is 10.9. The molecule has 0 aliphatic carbocycles. The lowest BCUT2D eigenvalue weighted by Gasteiger charge is -2.11. The van der Waals surface area contributed by atoms with Gasteiger partial charge in [0.05, 0.1) is 22.6 Å². The molecule has 19 heavy (non-hydrogen) atoms. The molecule has 1 atom stereocenters. The van der Waals surface area contributed by atoms with Crippen LogP contribution in [0.1, 0.15) is 12.5 Å². The summed E-state index contributed by atoms with van der Waals surface area (Å²) in [6.07, 6.45) is 0. The lowest BCUT2D eigenvalue weighted by Crippen LogP contribution is -2.33. The number of nitriles is 2. The third-order valence-electron chi connectivity index (χ3n) is 2.30. The average molecular weight is 260 g/mol. The number of benzene rings is 1. The highest BCUT2D eigenvalue weighted by Crippen LogP contribution is 2.27. The van der Waals surface area contributed by atoms with Gasteiger partial charge in [-0.1, -0.05) is 6.92 Å². The van der Waals surface area contributed by atoms with E-state index in [9.17, 15) is 10.1 Å². The van der Waals surface area contributed by atoms with Gasteiger partial charge in [0.2, 0.25) is 0 Å². The van der Waals surface area contributed by atoms with Crippen LogP contribution in [0.5, 0.6) is 5.75 Å². The molecule has 0 aromatic heterocycles. The van der Waals surface area contributed by atoms with Crippen molar-refractivity contribution in [2.24, 2.45) is 0 Å². The molecular weight excluding hydrogens is 248 g/mol. The van der Waals surface area contributed by atoms with E-state index in [0.717, 1.165) is 6.07 Å². The molecule has 0 fully saturated rings. The SMILES string of the molecule is CCNC(C#N)COc1ccc(C#N)cc1[N+](=O)[O-]. The van der Waals surface area contributed by atoms with E-state index >= 15 is 0 Å². The number of nitro benzene ring substituents is 1. The summed E-state index contributed by atoms with van der Waals surface area (Å²) < 4.78 is 5.27. The van der Waals surface area contributed by atoms with Crippen molar-refractivity contribution in [3.05, 3.63) is 33.9 Å². The molecule has 98 valence electrons. The molecule has 0 amide bonds. The molecule has 0 heterocycles. The van der Waals surface area contributed by atoms with Crippen molar-refractivity contribution >= 4 is 5.69 Å². The van der Waals surface area contributed by atoms with Crippen LogP contribution < -0.4 is 10.1 Å². The molecule has 7 heteroatoms. The number of rotatable bonds is 6. The van der Waals surface area contributed by atoms with E-state index < -0.39 is 11.0 Å². The van der Waals surface area contributed by atoms with Gasteiger partial charge in [-0.05, 0) is 18.7 Å². The molecule has 0 bridgehead atoms. The Morgan fingerprint density at radius 1 is 1.53 bits per heavy atom. The zero-order valence-corrected chi connectivity index (χ0v) is 10.3. The molecule has 1 unspecified atom stereocenters. The van der Waals surface area contributed by atoms with Gasteiger partial charge in [-0.3, -0.25) is 15.4 Å². The van der Waals surface area contributed by atoms with Crippen LogP contribution in [0.4, 0.5) is 5.69 Å². The molecule has 0 spiro atoms. The van der Waals surface area contributed by atoms with Gasteiger partial charge in [0.15, 0.2) is 5.75 Å². The molecule has 0 saturated heterocycles. The maximum atomic E-state index is 10.9. The minimum absolute atomic E-state index is 0.00290. The standard InChI is InChI=1S/C12H12N4O3/c1-2-15-10(7-14)8-19-12-4-3-9(6-13)5-11(12)16(17)18/h3-5,10,15H,2,8H2,1H3. The molecule has 0 saturated carbocycles. The Labute approximate surface area is 110 Å². The number of likely N-dealkylation sites (N-methyl/N-ethyl adjacent to an activating group) is 1. The normalized spacial score (nSPS) is 11.1. The quantitative estimate of drug-likeness (QED) is 0.610. The van der Waals surface area contributed by atoms with Crippen LogP contribution in [0.2, 0.25) is 0 Å². The molecular formula is C12H12N4O3. The number of nitrogens with one attached hydrogen (secondary N) is 1. The van der Waals surface area contributed by atoms with Crippen molar-refractivity contribution in [3.63, 3.8) is 0 Å². The zero-order valence-electron chi connectivity index (χ0n) is 10.3. The molecule has 0 aliphatic heterocycles. The predicted molar refractivity (Wildman–Crippen MR) is 66.4 cm³/mol. The van der Waals surface area contributed by atoms with Crippen LogP contribution in [-0.2, 0) is 0 Å². The van der Waals surface area contributed by atoms with E-state index in [0.29, 0.717) is 6.54 Å². The molecule has 1 aromatic carbocycles. The highest BCUT2D eigenvalue weighted by atomic mass is 16.6. The fourth-order valence-electron chi connectivity index (χ4n) is 1.41. The fraction of sp³-hybridized carbons (Fsp3) is 0.333. The lowest BCUT2D eigenvalue weighted by atomic mass is 10.2. The van der Waals surface area contributed by atoms with Gasteiger partial charge in [-0.25, -0.2) is 0 Å². The van der Waals surface area contributed by atoms with Crippen molar-refractivity contribution in [2.45, 2.75) is 13.0 Å². The number of hydrogen-bond acceptors (Lipinski definition) is 6. The molecule has 1 aromatic rings. The summed E-state index contributed by atoms with van der Waals surface area (Å²) in [6, 6.07) is 7.19. The maximum Gasteiger partial charge on any atom is 0.312 e. The Morgan fingerprint density at radius 3 is 2.79 bits per heavy atom. The van der Waals surface area contributed by atoms with E-state index in [1.165, 1.54) is 12.1 Å². The van der Waals surface area contributed by atoms with Gasteiger partial charge < -0.3 is 4.74 Å². The smallest absolute Gasteiger partial charge is 0.312 e. The number of nitro groups is 1. The van der Waals surface area contributed by atoms with E-state index in [1.54, 1.807) is 0 Å². The second-order valence-electron chi connectivity index (χ2n) is 3.60. The largest absolute Gasteiger partial charge is 0.484 e. The first-order valence-electron chi connectivity index (χ1n) is 5.56. The summed E-state index contributed by atoms with van der Waals surface area (Å²) >= 11 is 0. The second kappa shape index (κ2) is 6.94. The van der Waals surface area contributed by atoms with Gasteiger partial charge in [0.25, 0.3) is 0 Å². The summed E-state index contributed by atoms with van der Waals surface area (Å²) in [5, 5.41) is 31.3. The lowest BCUT2D eigenvalue weighted by molar-refractivity contribution is -0.385. The monoisotopic (exact) mass is 260 g/mol. The first kappa shape index (κ1) is 14.4. The molecule has 1 rings (SSSR count). The first-order chi connectivity index (χ1) is 9.12. The summed E-state index contributed by atoms with van der Waals surface area (Å²) in [5.41, 5.74) is -0.102. The topological polar surface area (TPSA) is 112 Å². The third-order valence-corrected chi connectivity index (χ3v) is 2.30. The van der Waals surface area contributed by atoms with Crippen LogP contribution in [0.25, 0.3) is 0 Å². The minimum atomic E-state index is -0.620. The number of hydrogen-bond donors (Lipinski definition) is 1. The van der Waals surface area contributed by atoms with Crippen LogP contribution in [-0.4, -0.2) is 24.1 Å². The van der Waals surface area contributed by atoms with Crippen molar-refractivity contribution in [1.29, 1.82) is 10.5 Å². The van der Waals surface area contributed by atoms with E-state index in [4.69, 9.17) is 15.3 Å². The van der Waals surface area contributed by atoms with E-state index in [2.05, 4.69) is 5.32 Å². The summed E-state index contributed by atoms with van der Waals surface area (Å²) in [5.74, 6) is 0.0437. The van der Waals surface area contributed by atoms with Crippen LogP contribution >= 0.6 is 0 Å². The van der Waals surface area contributed by atoms with E-state index in [-0.39, 0.29) is 23.6 Å². The number of nitrogens with zero attached hydrogens (tertiary/aromatic N) is 3. The van der Waals surface area contributed by atoms with Crippen molar-refractivity contribution in [2.75, 3.05) is 13.2 Å². The Kier molecular flexibility index (Phi) is 5.27. The van der Waals surface area contributed by atoms with Gasteiger partial charge >= 0.3 is 5.69 Å². The molecule has 7 nitrogen and oxygen atoms in total. The van der Waals surface area contributed by atoms with Gasteiger partial charge in [-0.15, -0.1) is 0 Å². The second-order valence-corrected chi connectivity index (χ2v) is 3.60. The molecule has 0 aliphatic rings. The van der Waals surface area contributed by atoms with Gasteiger partial charge in [-0.2, -0.15) is 10.5 Å². The van der Waals surface area contributed by atoms with Crippen molar-refractivity contribution in [3.8, 4) is 17.9 Å². The van der Waals surface area contributed by atoms with Crippen LogP contribution in [0, 0.1) is 32.8 Å². The highest BCUT2D eigenvalue weighted by molar-refractivity contribution is 5.51. The Bertz CT molecular complexity index is 545. The third kappa shape index (κ3) is 3.95. The summed E-state index contributed by atoms with van der Waals surface area (Å²) in [7, 11) is 0. The average Bonchev–Trinajstić information content (AvgIpc) is 2.43. The first-order valence-corrected chi connectivity index (χ1v) is 5.56. The minimum Gasteiger partial charge on any atom is -0.484 e. The number of ether oxygens (including phenoxy) is 1. The van der Waals surface area contributed by atoms with Crippen molar-refractivity contribution in [1.82, 2.24) is 5.32 Å². The predicted octanol–water partition coefficient (Wildman–Crippen LogP) is 1.35. The van der Waals surface area contributed by atoms with Crippen LogP contribution in [0.3, 0.4) is 0 Å². The zero-order chi connectivity index (χ0) is 14.3. The van der Waals surface area contributed by atoms with E-state index in [1.807, 2.05) is 19.1 Å². The fourth-order valence-corrected chi connectivity index (χ4v) is 1.41. The Balaban J connectivity index is 2.87. The molecule has 0 radical (unpaired) electrons. The Morgan fingerprint density at radius 2 is 2.26 bits per heavy atom. The summed E-state index contributed by atoms with van der Waals surface area (Å²) in [6.45, 7) is 2.43. The van der Waals surface area contributed by atoms with Gasteiger partial charge in [0.1, 0.15) is 12.6 Å². The highest BCUT2D eigenvalue weighted by Gasteiger charge is 2.17.